The molecule has 28 heavy (non-hydrogen) atoms. The van der Waals surface area contributed by atoms with E-state index < -0.39 is 0 Å². The van der Waals surface area contributed by atoms with Crippen molar-refractivity contribution in [1.82, 2.24) is 20.0 Å². The second-order valence-corrected chi connectivity index (χ2v) is 8.43. The van der Waals surface area contributed by atoms with Crippen LogP contribution in [0.4, 0.5) is 0 Å². The van der Waals surface area contributed by atoms with Gasteiger partial charge in [-0.2, -0.15) is 5.10 Å². The van der Waals surface area contributed by atoms with Crippen LogP contribution in [0, 0.1) is 26.7 Å². The van der Waals surface area contributed by atoms with Gasteiger partial charge in [0.25, 0.3) is 0 Å². The molecule has 0 bridgehead atoms. The molecule has 0 unspecified atom stereocenters. The highest BCUT2D eigenvalue weighted by Crippen LogP contribution is 2.19. The van der Waals surface area contributed by atoms with Crippen molar-refractivity contribution in [2.24, 2.45) is 5.92 Å². The summed E-state index contributed by atoms with van der Waals surface area (Å²) in [6.45, 7) is 12.2. The van der Waals surface area contributed by atoms with Crippen molar-refractivity contribution in [3.8, 4) is 0 Å². The molecule has 1 amide bonds. The van der Waals surface area contributed by atoms with Gasteiger partial charge >= 0.3 is 0 Å². The molecule has 1 aromatic heterocycles. The number of amides is 1. The molecule has 1 aromatic carbocycles. The Morgan fingerprint density at radius 2 is 1.86 bits per heavy atom. The first-order chi connectivity index (χ1) is 13.4. The van der Waals surface area contributed by atoms with E-state index in [1.807, 2.05) is 18.5 Å². The molecule has 0 radical (unpaired) electrons. The van der Waals surface area contributed by atoms with Gasteiger partial charge < -0.3 is 5.32 Å². The SMILES string of the molecule is Cc1ccc(CN2CCC(CNC(=O)C[C@@H](C)n3nc(C)cc3C)CC2)cc1. The summed E-state index contributed by atoms with van der Waals surface area (Å²) in [5.74, 6) is 0.712. The topological polar surface area (TPSA) is 50.2 Å². The van der Waals surface area contributed by atoms with E-state index in [-0.39, 0.29) is 11.9 Å². The van der Waals surface area contributed by atoms with Gasteiger partial charge in [0.2, 0.25) is 5.91 Å². The van der Waals surface area contributed by atoms with Gasteiger partial charge in [0, 0.05) is 25.2 Å². The van der Waals surface area contributed by atoms with Gasteiger partial charge in [-0.1, -0.05) is 29.8 Å². The molecule has 1 aliphatic heterocycles. The highest BCUT2D eigenvalue weighted by atomic mass is 16.1. The number of piperidine rings is 1. The normalized spacial score (nSPS) is 16.9. The lowest BCUT2D eigenvalue weighted by atomic mass is 9.96. The molecule has 0 saturated carbocycles. The molecule has 1 saturated heterocycles. The van der Waals surface area contributed by atoms with Crippen LogP contribution in [0.3, 0.4) is 0 Å². The Balaban J connectivity index is 1.37. The quantitative estimate of drug-likeness (QED) is 0.793. The maximum atomic E-state index is 12.4. The lowest BCUT2D eigenvalue weighted by Gasteiger charge is -2.32. The Bertz CT molecular complexity index is 772. The number of aromatic nitrogens is 2. The summed E-state index contributed by atoms with van der Waals surface area (Å²) in [4.78, 5) is 14.9. The van der Waals surface area contributed by atoms with Crippen LogP contribution in [0.15, 0.2) is 30.3 Å². The summed E-state index contributed by atoms with van der Waals surface area (Å²) in [7, 11) is 0. The zero-order chi connectivity index (χ0) is 20.1. The third kappa shape index (κ3) is 5.68. The molecule has 1 fully saturated rings. The average molecular weight is 383 g/mol. The third-order valence-electron chi connectivity index (χ3n) is 5.76. The Labute approximate surface area is 169 Å². The predicted octanol–water partition coefficient (Wildman–Crippen LogP) is 3.79. The van der Waals surface area contributed by atoms with Gasteiger partial charge in [-0.05, 0) is 71.2 Å². The van der Waals surface area contributed by atoms with Gasteiger partial charge in [0.15, 0.2) is 0 Å². The van der Waals surface area contributed by atoms with Crippen molar-refractivity contribution in [2.45, 2.75) is 59.5 Å². The highest BCUT2D eigenvalue weighted by molar-refractivity contribution is 5.76. The van der Waals surface area contributed by atoms with Crippen LogP contribution in [0.2, 0.25) is 0 Å². The van der Waals surface area contributed by atoms with E-state index in [9.17, 15) is 4.79 Å². The van der Waals surface area contributed by atoms with Crippen molar-refractivity contribution in [3.05, 3.63) is 52.8 Å². The molecule has 5 heteroatoms. The summed E-state index contributed by atoms with van der Waals surface area (Å²) in [5.41, 5.74) is 4.81. The van der Waals surface area contributed by atoms with Crippen molar-refractivity contribution in [3.63, 3.8) is 0 Å². The number of rotatable bonds is 7. The molecule has 152 valence electrons. The van der Waals surface area contributed by atoms with Crippen LogP contribution in [0.25, 0.3) is 0 Å². The fourth-order valence-electron chi connectivity index (χ4n) is 4.08. The van der Waals surface area contributed by atoms with Gasteiger partial charge in [-0.25, -0.2) is 0 Å². The monoisotopic (exact) mass is 382 g/mol. The van der Waals surface area contributed by atoms with Crippen LogP contribution in [0.5, 0.6) is 0 Å². The molecule has 1 aliphatic rings. The van der Waals surface area contributed by atoms with Crippen LogP contribution in [-0.4, -0.2) is 40.2 Å². The Morgan fingerprint density at radius 3 is 2.46 bits per heavy atom. The van der Waals surface area contributed by atoms with E-state index in [4.69, 9.17) is 0 Å². The summed E-state index contributed by atoms with van der Waals surface area (Å²) >= 11 is 0. The van der Waals surface area contributed by atoms with E-state index in [1.165, 1.54) is 11.1 Å². The largest absolute Gasteiger partial charge is 0.356 e. The van der Waals surface area contributed by atoms with E-state index in [2.05, 4.69) is 59.5 Å². The van der Waals surface area contributed by atoms with E-state index in [0.29, 0.717) is 12.3 Å². The minimum Gasteiger partial charge on any atom is -0.356 e. The number of hydrogen-bond acceptors (Lipinski definition) is 3. The summed E-state index contributed by atoms with van der Waals surface area (Å²) in [6.07, 6.45) is 2.78. The summed E-state index contributed by atoms with van der Waals surface area (Å²) < 4.78 is 1.96. The number of carbonyl (C=O) groups excluding carboxylic acids is 1. The van der Waals surface area contributed by atoms with E-state index in [0.717, 1.165) is 50.4 Å². The lowest BCUT2D eigenvalue weighted by Crippen LogP contribution is -2.38. The summed E-state index contributed by atoms with van der Waals surface area (Å²) in [5, 5.41) is 7.64. The van der Waals surface area contributed by atoms with E-state index >= 15 is 0 Å². The predicted molar refractivity (Wildman–Crippen MR) is 113 cm³/mol. The fourth-order valence-corrected chi connectivity index (χ4v) is 4.08. The first-order valence-electron chi connectivity index (χ1n) is 10.5. The number of hydrogen-bond donors (Lipinski definition) is 1. The molecule has 3 rings (SSSR count). The highest BCUT2D eigenvalue weighted by Gasteiger charge is 2.20. The third-order valence-corrected chi connectivity index (χ3v) is 5.76. The molecule has 2 aromatic rings. The molecule has 1 N–H and O–H groups in total. The van der Waals surface area contributed by atoms with Crippen LogP contribution >= 0.6 is 0 Å². The summed E-state index contributed by atoms with van der Waals surface area (Å²) in [6, 6.07) is 11.0. The maximum Gasteiger partial charge on any atom is 0.222 e. The number of aryl methyl sites for hydroxylation is 3. The zero-order valence-electron chi connectivity index (χ0n) is 17.7. The zero-order valence-corrected chi connectivity index (χ0v) is 17.7. The molecule has 1 atom stereocenters. The first-order valence-corrected chi connectivity index (χ1v) is 10.5. The Kier molecular flexibility index (Phi) is 6.89. The Hall–Kier alpha value is -2.14. The number of carbonyl (C=O) groups is 1. The fraction of sp³-hybridized carbons (Fsp3) is 0.565. The molecule has 0 aliphatic carbocycles. The van der Waals surface area contributed by atoms with Crippen molar-refractivity contribution in [2.75, 3.05) is 19.6 Å². The van der Waals surface area contributed by atoms with Crippen molar-refractivity contribution >= 4 is 5.91 Å². The van der Waals surface area contributed by atoms with Crippen LogP contribution < -0.4 is 5.32 Å². The Morgan fingerprint density at radius 1 is 1.18 bits per heavy atom. The first kappa shape index (κ1) is 20.6. The average Bonchev–Trinajstić information content (AvgIpc) is 3.01. The molecular weight excluding hydrogens is 348 g/mol. The van der Waals surface area contributed by atoms with Crippen LogP contribution in [-0.2, 0) is 11.3 Å². The molecular formula is C23H34N4O. The van der Waals surface area contributed by atoms with Crippen molar-refractivity contribution in [1.29, 1.82) is 0 Å². The lowest BCUT2D eigenvalue weighted by molar-refractivity contribution is -0.122. The van der Waals surface area contributed by atoms with Gasteiger partial charge in [-0.3, -0.25) is 14.4 Å². The second kappa shape index (κ2) is 9.37. The standard InChI is InChI=1S/C23H34N4O/c1-17-5-7-22(8-6-17)16-26-11-9-21(10-12-26)15-24-23(28)14-20(4)27-19(3)13-18(2)25-27/h5-8,13,20-21H,9-12,14-16H2,1-4H3,(H,24,28)/t20-/m1/s1. The van der Waals surface area contributed by atoms with Crippen molar-refractivity contribution < 1.29 is 4.79 Å². The maximum absolute atomic E-state index is 12.4. The second-order valence-electron chi connectivity index (χ2n) is 8.43. The number of nitrogens with zero attached hydrogens (tertiary/aromatic N) is 3. The molecule has 5 nitrogen and oxygen atoms in total. The van der Waals surface area contributed by atoms with Gasteiger partial charge in [-0.15, -0.1) is 0 Å². The minimum absolute atomic E-state index is 0.0880. The van der Waals surface area contributed by atoms with Crippen LogP contribution in [0.1, 0.15) is 54.7 Å². The minimum atomic E-state index is 0.0880. The number of likely N-dealkylation sites (tertiary alicyclic amines) is 1. The number of benzene rings is 1. The smallest absolute Gasteiger partial charge is 0.222 e. The van der Waals surface area contributed by atoms with E-state index in [1.54, 1.807) is 0 Å². The van der Waals surface area contributed by atoms with Gasteiger partial charge in [0.05, 0.1) is 11.7 Å². The van der Waals surface area contributed by atoms with Gasteiger partial charge in [0.1, 0.15) is 0 Å². The molecule has 2 heterocycles. The molecule has 0 spiro atoms. The number of nitrogens with one attached hydrogen (secondary N) is 1.